The summed E-state index contributed by atoms with van der Waals surface area (Å²) in [5.41, 5.74) is -0.952. The molecule has 2 rings (SSSR count). The number of amides is 1. The molecule has 0 bridgehead atoms. The number of nitrogens with one attached hydrogen (secondary N) is 2. The van der Waals surface area contributed by atoms with Crippen LogP contribution in [0, 0.1) is 5.92 Å². The molecule has 1 aliphatic heterocycles. The predicted octanol–water partition coefficient (Wildman–Crippen LogP) is -0.671. The van der Waals surface area contributed by atoms with Crippen LogP contribution in [-0.2, 0) is 9.59 Å². The average Bonchev–Trinajstić information content (AvgIpc) is 1.92. The van der Waals surface area contributed by atoms with E-state index in [1.165, 1.54) is 0 Å². The van der Waals surface area contributed by atoms with Gasteiger partial charge in [-0.1, -0.05) is 0 Å². The molecule has 0 radical (unpaired) electrons. The Kier molecular flexibility index (Phi) is 2.19. The summed E-state index contributed by atoms with van der Waals surface area (Å²) in [5, 5.41) is 14.6. The normalized spacial score (nSPS) is 24.6. The fraction of sp³-hybridized carbons (Fsp3) is 0.778. The van der Waals surface area contributed by atoms with E-state index < -0.39 is 11.5 Å². The minimum atomic E-state index is -0.952. The van der Waals surface area contributed by atoms with Gasteiger partial charge in [-0.05, 0) is 19.3 Å². The zero-order valence-electron chi connectivity index (χ0n) is 7.88. The molecule has 1 aliphatic carbocycles. The zero-order chi connectivity index (χ0) is 10.2. The molecular formula is C9H14N2O3. The van der Waals surface area contributed by atoms with Gasteiger partial charge in [0.2, 0.25) is 5.91 Å². The van der Waals surface area contributed by atoms with Crippen molar-refractivity contribution >= 4 is 11.9 Å². The van der Waals surface area contributed by atoms with Crippen molar-refractivity contribution < 1.29 is 14.7 Å². The van der Waals surface area contributed by atoms with E-state index in [9.17, 15) is 9.59 Å². The van der Waals surface area contributed by atoms with Crippen LogP contribution in [0.2, 0.25) is 0 Å². The third-order valence-corrected chi connectivity index (χ3v) is 3.13. The van der Waals surface area contributed by atoms with E-state index in [0.717, 1.165) is 6.42 Å². The highest BCUT2D eigenvalue weighted by atomic mass is 16.4. The van der Waals surface area contributed by atoms with Crippen LogP contribution in [0.4, 0.5) is 0 Å². The van der Waals surface area contributed by atoms with Crippen molar-refractivity contribution in [3.63, 3.8) is 0 Å². The van der Waals surface area contributed by atoms with Gasteiger partial charge in [0, 0.05) is 13.1 Å². The molecule has 14 heavy (non-hydrogen) atoms. The lowest BCUT2D eigenvalue weighted by atomic mass is 9.76. The van der Waals surface area contributed by atoms with Crippen LogP contribution in [0.1, 0.15) is 19.3 Å². The van der Waals surface area contributed by atoms with Crippen molar-refractivity contribution in [2.45, 2.75) is 24.8 Å². The molecule has 0 aromatic carbocycles. The number of carbonyl (C=O) groups is 2. The number of hydrogen-bond donors (Lipinski definition) is 3. The Morgan fingerprint density at radius 2 is 2.00 bits per heavy atom. The minimum absolute atomic E-state index is 0.0353. The summed E-state index contributed by atoms with van der Waals surface area (Å²) >= 11 is 0. The van der Waals surface area contributed by atoms with Gasteiger partial charge >= 0.3 is 5.97 Å². The second kappa shape index (κ2) is 3.24. The number of carboxylic acid groups (broad SMARTS) is 1. The van der Waals surface area contributed by atoms with Crippen LogP contribution in [0.3, 0.4) is 0 Å². The Hall–Kier alpha value is -1.10. The van der Waals surface area contributed by atoms with E-state index in [0.29, 0.717) is 25.9 Å². The minimum Gasteiger partial charge on any atom is -0.480 e. The molecule has 2 aliphatic rings. The van der Waals surface area contributed by atoms with Gasteiger partial charge in [-0.15, -0.1) is 0 Å². The van der Waals surface area contributed by atoms with Crippen LogP contribution < -0.4 is 10.6 Å². The van der Waals surface area contributed by atoms with Gasteiger partial charge in [-0.2, -0.15) is 0 Å². The van der Waals surface area contributed by atoms with E-state index >= 15 is 0 Å². The fourth-order valence-electron chi connectivity index (χ4n) is 1.73. The Bertz CT molecular complexity index is 269. The molecule has 0 unspecified atom stereocenters. The van der Waals surface area contributed by atoms with Crippen molar-refractivity contribution in [2.75, 3.05) is 13.1 Å². The summed E-state index contributed by atoms with van der Waals surface area (Å²) in [6.07, 6.45) is 2.01. The molecule has 1 heterocycles. The lowest BCUT2D eigenvalue weighted by molar-refractivity contribution is -0.152. The van der Waals surface area contributed by atoms with Crippen molar-refractivity contribution in [1.82, 2.24) is 10.6 Å². The Balaban J connectivity index is 1.94. The van der Waals surface area contributed by atoms with Gasteiger partial charge < -0.3 is 15.7 Å². The van der Waals surface area contributed by atoms with Gasteiger partial charge in [0.05, 0.1) is 5.92 Å². The van der Waals surface area contributed by atoms with Gasteiger partial charge in [0.25, 0.3) is 0 Å². The molecule has 1 saturated heterocycles. The summed E-state index contributed by atoms with van der Waals surface area (Å²) < 4.78 is 0. The molecule has 0 atom stereocenters. The molecule has 5 heteroatoms. The first-order valence-corrected chi connectivity index (χ1v) is 4.90. The van der Waals surface area contributed by atoms with Gasteiger partial charge in [-0.25, -0.2) is 4.79 Å². The topological polar surface area (TPSA) is 78.4 Å². The molecule has 1 saturated carbocycles. The van der Waals surface area contributed by atoms with Crippen molar-refractivity contribution in [3.05, 3.63) is 0 Å². The molecule has 2 fully saturated rings. The SMILES string of the molecule is O=C(NC1(C(=O)O)CCC1)C1CNC1. The van der Waals surface area contributed by atoms with Gasteiger partial charge in [-0.3, -0.25) is 4.79 Å². The smallest absolute Gasteiger partial charge is 0.329 e. The predicted molar refractivity (Wildman–Crippen MR) is 48.7 cm³/mol. The number of carboxylic acids is 1. The monoisotopic (exact) mass is 198 g/mol. The highest BCUT2D eigenvalue weighted by Gasteiger charge is 2.46. The summed E-state index contributed by atoms with van der Waals surface area (Å²) in [5.74, 6) is -1.05. The quantitative estimate of drug-likeness (QED) is 0.562. The van der Waals surface area contributed by atoms with E-state index in [4.69, 9.17) is 5.11 Å². The number of carbonyl (C=O) groups excluding carboxylic acids is 1. The van der Waals surface area contributed by atoms with Crippen LogP contribution in [0.5, 0.6) is 0 Å². The van der Waals surface area contributed by atoms with Crippen LogP contribution >= 0.6 is 0 Å². The molecular weight excluding hydrogens is 184 g/mol. The maximum absolute atomic E-state index is 11.5. The first-order chi connectivity index (χ1) is 6.64. The third-order valence-electron chi connectivity index (χ3n) is 3.13. The summed E-state index contributed by atoms with van der Waals surface area (Å²) in [6, 6.07) is 0. The largest absolute Gasteiger partial charge is 0.480 e. The van der Waals surface area contributed by atoms with E-state index in [2.05, 4.69) is 10.6 Å². The highest BCUT2D eigenvalue weighted by molar-refractivity contribution is 5.89. The van der Waals surface area contributed by atoms with Crippen LogP contribution in [-0.4, -0.2) is 35.6 Å². The fourth-order valence-corrected chi connectivity index (χ4v) is 1.73. The summed E-state index contributed by atoms with van der Waals surface area (Å²) in [7, 11) is 0. The number of aliphatic carboxylic acids is 1. The van der Waals surface area contributed by atoms with Crippen LogP contribution in [0.15, 0.2) is 0 Å². The lowest BCUT2D eigenvalue weighted by Gasteiger charge is -2.40. The van der Waals surface area contributed by atoms with E-state index in [1.54, 1.807) is 0 Å². The van der Waals surface area contributed by atoms with E-state index in [-0.39, 0.29) is 11.8 Å². The average molecular weight is 198 g/mol. The molecule has 0 aromatic rings. The zero-order valence-corrected chi connectivity index (χ0v) is 7.88. The Labute approximate surface area is 81.9 Å². The van der Waals surface area contributed by atoms with Gasteiger partial charge in [0.1, 0.15) is 5.54 Å². The number of hydrogen-bond acceptors (Lipinski definition) is 3. The maximum Gasteiger partial charge on any atom is 0.329 e. The van der Waals surface area contributed by atoms with Crippen LogP contribution in [0.25, 0.3) is 0 Å². The molecule has 5 nitrogen and oxygen atoms in total. The molecule has 78 valence electrons. The first-order valence-electron chi connectivity index (χ1n) is 4.90. The number of rotatable bonds is 3. The van der Waals surface area contributed by atoms with Crippen molar-refractivity contribution in [1.29, 1.82) is 0 Å². The summed E-state index contributed by atoms with van der Waals surface area (Å²) in [4.78, 5) is 22.5. The maximum atomic E-state index is 11.5. The van der Waals surface area contributed by atoms with Crippen molar-refractivity contribution in [2.24, 2.45) is 5.92 Å². The Morgan fingerprint density at radius 3 is 2.29 bits per heavy atom. The second-order valence-electron chi connectivity index (χ2n) is 4.09. The van der Waals surface area contributed by atoms with E-state index in [1.807, 2.05) is 0 Å². The standard InChI is InChI=1S/C9H14N2O3/c12-7(6-4-10-5-6)11-9(8(13)14)2-1-3-9/h6,10H,1-5H2,(H,11,12)(H,13,14). The molecule has 0 aromatic heterocycles. The summed E-state index contributed by atoms with van der Waals surface area (Å²) in [6.45, 7) is 1.34. The second-order valence-corrected chi connectivity index (χ2v) is 4.09. The first kappa shape index (κ1) is 9.45. The molecule has 3 N–H and O–H groups in total. The molecule has 1 amide bonds. The Morgan fingerprint density at radius 1 is 1.36 bits per heavy atom. The third kappa shape index (κ3) is 1.37. The van der Waals surface area contributed by atoms with Gasteiger partial charge in [0.15, 0.2) is 0 Å². The molecule has 0 spiro atoms. The lowest BCUT2D eigenvalue weighted by Crippen LogP contribution is -2.63. The highest BCUT2D eigenvalue weighted by Crippen LogP contribution is 2.32. The van der Waals surface area contributed by atoms with Crippen molar-refractivity contribution in [3.8, 4) is 0 Å².